The van der Waals surface area contributed by atoms with Crippen molar-refractivity contribution in [1.82, 2.24) is 25.2 Å². The summed E-state index contributed by atoms with van der Waals surface area (Å²) in [7, 11) is 0. The van der Waals surface area contributed by atoms with Gasteiger partial charge in [0.2, 0.25) is 0 Å². The maximum absolute atomic E-state index is 13.3. The first-order valence-corrected chi connectivity index (χ1v) is 8.93. The van der Waals surface area contributed by atoms with Crippen LogP contribution in [0.1, 0.15) is 28.9 Å². The van der Waals surface area contributed by atoms with E-state index in [0.29, 0.717) is 17.8 Å². The van der Waals surface area contributed by atoms with Crippen LogP contribution in [-0.4, -0.2) is 44.9 Å². The van der Waals surface area contributed by atoms with Gasteiger partial charge in [0.05, 0.1) is 17.8 Å². The molecule has 4 heterocycles. The lowest BCUT2D eigenvalue weighted by molar-refractivity contribution is 0.0620. The summed E-state index contributed by atoms with van der Waals surface area (Å²) in [6.45, 7) is 2.36. The van der Waals surface area contributed by atoms with E-state index < -0.39 is 0 Å². The highest BCUT2D eigenvalue weighted by molar-refractivity contribution is 5.97. The highest BCUT2D eigenvalue weighted by atomic mass is 16.2. The first-order valence-electron chi connectivity index (χ1n) is 8.93. The summed E-state index contributed by atoms with van der Waals surface area (Å²) >= 11 is 0. The number of nitrogens with one attached hydrogen (secondary N) is 1. The van der Waals surface area contributed by atoms with Crippen molar-refractivity contribution in [3.8, 4) is 0 Å². The molecule has 0 atom stereocenters. The van der Waals surface area contributed by atoms with Crippen LogP contribution in [0.5, 0.6) is 0 Å². The van der Waals surface area contributed by atoms with Gasteiger partial charge in [0.1, 0.15) is 0 Å². The molecule has 6 heteroatoms. The fourth-order valence-corrected chi connectivity index (χ4v) is 3.40. The smallest absolute Gasteiger partial charge is 0.256 e. The zero-order valence-corrected chi connectivity index (χ0v) is 14.5. The fraction of sp³-hybridized carbons (Fsp3) is 0.300. The van der Waals surface area contributed by atoms with Gasteiger partial charge in [-0.2, -0.15) is 0 Å². The molecule has 1 N–H and O–H groups in total. The summed E-state index contributed by atoms with van der Waals surface area (Å²) in [5, 5.41) is 4.24. The molecule has 0 bridgehead atoms. The Bertz CT molecular complexity index is 893. The van der Waals surface area contributed by atoms with Gasteiger partial charge in [-0.25, -0.2) is 9.97 Å². The number of fused-ring (bicyclic) bond motifs is 1. The Morgan fingerprint density at radius 2 is 1.92 bits per heavy atom. The maximum Gasteiger partial charge on any atom is 0.256 e. The third-order valence-electron chi connectivity index (χ3n) is 4.77. The Kier molecular flexibility index (Phi) is 4.84. The number of amides is 1. The molecule has 6 nitrogen and oxygen atoms in total. The van der Waals surface area contributed by atoms with Crippen molar-refractivity contribution in [2.45, 2.75) is 25.4 Å². The number of carbonyl (C=O) groups is 1. The first kappa shape index (κ1) is 16.6. The van der Waals surface area contributed by atoms with E-state index in [1.807, 2.05) is 41.3 Å². The van der Waals surface area contributed by atoms with Gasteiger partial charge in [-0.1, -0.05) is 6.07 Å². The Balaban J connectivity index is 1.65. The number of hydrogen-bond donors (Lipinski definition) is 1. The van der Waals surface area contributed by atoms with Crippen molar-refractivity contribution in [1.29, 1.82) is 0 Å². The summed E-state index contributed by atoms with van der Waals surface area (Å²) in [6, 6.07) is 11.7. The van der Waals surface area contributed by atoms with Crippen LogP contribution in [0.15, 0.2) is 55.0 Å². The van der Waals surface area contributed by atoms with Crippen molar-refractivity contribution in [2.24, 2.45) is 0 Å². The van der Waals surface area contributed by atoms with E-state index in [1.165, 1.54) is 0 Å². The molecule has 1 amide bonds. The van der Waals surface area contributed by atoms with Crippen LogP contribution in [0.2, 0.25) is 0 Å². The predicted octanol–water partition coefficient (Wildman–Crippen LogP) is 2.42. The summed E-state index contributed by atoms with van der Waals surface area (Å²) in [6.07, 6.45) is 7.00. The molecular weight excluding hydrogens is 326 g/mol. The summed E-state index contributed by atoms with van der Waals surface area (Å²) in [4.78, 5) is 28.2. The van der Waals surface area contributed by atoms with Gasteiger partial charge in [0.25, 0.3) is 5.91 Å². The Labute approximate surface area is 152 Å². The lowest BCUT2D eigenvalue weighted by Gasteiger charge is -2.34. The van der Waals surface area contributed by atoms with Gasteiger partial charge in [0.15, 0.2) is 5.65 Å². The van der Waals surface area contributed by atoms with E-state index in [2.05, 4.69) is 20.3 Å². The maximum atomic E-state index is 13.3. The van der Waals surface area contributed by atoms with E-state index in [0.717, 1.165) is 37.0 Å². The summed E-state index contributed by atoms with van der Waals surface area (Å²) in [5.41, 5.74) is 2.15. The molecule has 0 radical (unpaired) electrons. The molecule has 26 heavy (non-hydrogen) atoms. The molecular formula is C20H21N5O. The van der Waals surface area contributed by atoms with Crippen LogP contribution >= 0.6 is 0 Å². The number of hydrogen-bond acceptors (Lipinski definition) is 5. The van der Waals surface area contributed by atoms with Crippen molar-refractivity contribution in [3.63, 3.8) is 0 Å². The standard InChI is InChI=1S/C20H21N5O/c26-20(16-12-15-4-3-9-23-19(15)24-13-16)25(18-6-10-21-11-7-18)14-17-5-1-2-8-22-17/h1-5,8-9,12-13,18,21H,6-7,10-11,14H2. The second-order valence-corrected chi connectivity index (χ2v) is 6.51. The molecule has 0 saturated carbocycles. The van der Waals surface area contributed by atoms with Gasteiger partial charge >= 0.3 is 0 Å². The monoisotopic (exact) mass is 347 g/mol. The van der Waals surface area contributed by atoms with E-state index in [4.69, 9.17) is 0 Å². The quantitative estimate of drug-likeness (QED) is 0.785. The van der Waals surface area contributed by atoms with Crippen molar-refractivity contribution in [3.05, 3.63) is 66.2 Å². The Morgan fingerprint density at radius 1 is 1.08 bits per heavy atom. The van der Waals surface area contributed by atoms with E-state index in [9.17, 15) is 4.79 Å². The fourth-order valence-electron chi connectivity index (χ4n) is 3.40. The molecule has 3 aromatic rings. The molecule has 3 aromatic heterocycles. The topological polar surface area (TPSA) is 71.0 Å². The molecule has 1 aliphatic heterocycles. The molecule has 0 aliphatic carbocycles. The normalized spacial score (nSPS) is 15.1. The SMILES string of the molecule is O=C(c1cnc2ncccc2c1)N(Cc1ccccn1)C1CCNCC1. The third kappa shape index (κ3) is 3.55. The van der Waals surface area contributed by atoms with Crippen molar-refractivity contribution < 1.29 is 4.79 Å². The van der Waals surface area contributed by atoms with Crippen LogP contribution in [-0.2, 0) is 6.54 Å². The van der Waals surface area contributed by atoms with Crippen LogP contribution in [0.25, 0.3) is 11.0 Å². The molecule has 1 aliphatic rings. The number of pyridine rings is 3. The van der Waals surface area contributed by atoms with Crippen molar-refractivity contribution >= 4 is 16.9 Å². The average molecular weight is 347 g/mol. The highest BCUT2D eigenvalue weighted by Crippen LogP contribution is 2.20. The minimum absolute atomic E-state index is 0.000746. The van der Waals surface area contributed by atoms with Gasteiger partial charge < -0.3 is 10.2 Å². The first-order chi connectivity index (χ1) is 12.8. The van der Waals surface area contributed by atoms with Crippen LogP contribution < -0.4 is 5.32 Å². The van der Waals surface area contributed by atoms with Crippen LogP contribution in [0.3, 0.4) is 0 Å². The molecule has 1 saturated heterocycles. The van der Waals surface area contributed by atoms with Gasteiger partial charge in [0, 0.05) is 30.0 Å². The molecule has 132 valence electrons. The van der Waals surface area contributed by atoms with Crippen LogP contribution in [0, 0.1) is 0 Å². The molecule has 0 spiro atoms. The second-order valence-electron chi connectivity index (χ2n) is 6.51. The minimum atomic E-state index is 0.000746. The predicted molar refractivity (Wildman–Crippen MR) is 99.5 cm³/mol. The molecule has 4 rings (SSSR count). The van der Waals surface area contributed by atoms with Gasteiger partial charge in [-0.05, 0) is 56.3 Å². The number of nitrogens with zero attached hydrogens (tertiary/aromatic N) is 4. The number of aromatic nitrogens is 3. The van der Waals surface area contributed by atoms with E-state index >= 15 is 0 Å². The lowest BCUT2D eigenvalue weighted by Crippen LogP contribution is -2.45. The Morgan fingerprint density at radius 3 is 2.73 bits per heavy atom. The number of piperidine rings is 1. The van der Waals surface area contributed by atoms with Gasteiger partial charge in [-0.3, -0.25) is 9.78 Å². The Hall–Kier alpha value is -2.86. The second kappa shape index (κ2) is 7.58. The van der Waals surface area contributed by atoms with E-state index in [-0.39, 0.29) is 11.9 Å². The van der Waals surface area contributed by atoms with Gasteiger partial charge in [-0.15, -0.1) is 0 Å². The number of carbonyl (C=O) groups excluding carboxylic acids is 1. The lowest BCUT2D eigenvalue weighted by atomic mass is 10.0. The largest absolute Gasteiger partial charge is 0.330 e. The third-order valence-corrected chi connectivity index (χ3v) is 4.77. The average Bonchev–Trinajstić information content (AvgIpc) is 2.72. The highest BCUT2D eigenvalue weighted by Gasteiger charge is 2.27. The summed E-state index contributed by atoms with van der Waals surface area (Å²) < 4.78 is 0. The van der Waals surface area contributed by atoms with Crippen molar-refractivity contribution in [2.75, 3.05) is 13.1 Å². The zero-order chi connectivity index (χ0) is 17.8. The number of rotatable bonds is 4. The minimum Gasteiger partial charge on any atom is -0.330 e. The molecule has 1 fully saturated rings. The molecule has 0 aromatic carbocycles. The van der Waals surface area contributed by atoms with Crippen LogP contribution in [0.4, 0.5) is 0 Å². The summed E-state index contributed by atoms with van der Waals surface area (Å²) in [5.74, 6) is 0.000746. The zero-order valence-electron chi connectivity index (χ0n) is 14.5. The van der Waals surface area contributed by atoms with E-state index in [1.54, 1.807) is 18.6 Å². The molecule has 0 unspecified atom stereocenters.